The average molecular weight is 391 g/mol. The number of nitrogens with zero attached hydrogens (tertiary/aromatic N) is 2. The molecule has 0 unspecified atom stereocenters. The van der Waals surface area contributed by atoms with Crippen molar-refractivity contribution in [3.8, 4) is 0 Å². The number of hydrogen-bond donors (Lipinski definition) is 0. The number of hydrogen-bond acceptors (Lipinski definition) is 4. The van der Waals surface area contributed by atoms with E-state index in [4.69, 9.17) is 4.74 Å². The fourth-order valence-corrected chi connectivity index (χ4v) is 6.25. The van der Waals surface area contributed by atoms with Crippen molar-refractivity contribution in [2.24, 2.45) is 5.92 Å². The molecule has 3 heterocycles. The zero-order valence-electron chi connectivity index (χ0n) is 16.2. The molecule has 0 radical (unpaired) electrons. The van der Waals surface area contributed by atoms with Crippen molar-refractivity contribution in [1.82, 2.24) is 9.80 Å². The van der Waals surface area contributed by atoms with E-state index in [1.807, 2.05) is 0 Å². The minimum atomic E-state index is -0.234. The molecule has 0 aromatic carbocycles. The maximum atomic E-state index is 13.2. The number of methoxy groups -OCH3 is 1. The monoisotopic (exact) mass is 390 g/mol. The lowest BCUT2D eigenvalue weighted by atomic mass is 9.78. The van der Waals surface area contributed by atoms with Gasteiger partial charge in [-0.1, -0.05) is 12.8 Å². The van der Waals surface area contributed by atoms with Gasteiger partial charge in [-0.3, -0.25) is 4.79 Å². The van der Waals surface area contributed by atoms with Crippen LogP contribution in [0.15, 0.2) is 11.4 Å². The van der Waals surface area contributed by atoms with Crippen LogP contribution in [-0.4, -0.2) is 54.6 Å². The largest absolute Gasteiger partial charge is 0.453 e. The summed E-state index contributed by atoms with van der Waals surface area (Å²) in [6, 6.07) is 2.59. The summed E-state index contributed by atoms with van der Waals surface area (Å²) >= 11 is 1.71. The smallest absolute Gasteiger partial charge is 0.409 e. The van der Waals surface area contributed by atoms with Crippen molar-refractivity contribution in [3.63, 3.8) is 0 Å². The summed E-state index contributed by atoms with van der Waals surface area (Å²) in [6.07, 6.45) is 9.16. The summed E-state index contributed by atoms with van der Waals surface area (Å²) in [4.78, 5) is 30.1. The molecule has 3 fully saturated rings. The molecule has 1 aromatic rings. The van der Waals surface area contributed by atoms with Crippen LogP contribution < -0.4 is 0 Å². The van der Waals surface area contributed by atoms with Crippen molar-refractivity contribution >= 4 is 23.3 Å². The number of ether oxygens (including phenoxy) is 1. The summed E-state index contributed by atoms with van der Waals surface area (Å²) in [7, 11) is 1.43. The third-order valence-corrected chi connectivity index (χ3v) is 7.80. The Morgan fingerprint density at radius 3 is 2.56 bits per heavy atom. The molecule has 2 atom stereocenters. The van der Waals surface area contributed by atoms with E-state index in [0.29, 0.717) is 12.0 Å². The molecular weight excluding hydrogens is 360 g/mol. The summed E-state index contributed by atoms with van der Waals surface area (Å²) < 4.78 is 4.82. The Kier molecular flexibility index (Phi) is 5.71. The Labute approximate surface area is 165 Å². The lowest BCUT2D eigenvalue weighted by molar-refractivity contribution is 0.0391. The fourth-order valence-electron chi connectivity index (χ4n) is 5.20. The molecule has 3 aliphatic rings. The molecular formula is C21H30N2O3S. The second-order valence-corrected chi connectivity index (χ2v) is 9.16. The van der Waals surface area contributed by atoms with Crippen LogP contribution in [0.5, 0.6) is 0 Å². The van der Waals surface area contributed by atoms with E-state index in [0.717, 1.165) is 50.4 Å². The number of fused-ring (bicyclic) bond motifs is 1. The third-order valence-electron chi connectivity index (χ3n) is 6.70. The van der Waals surface area contributed by atoms with E-state index < -0.39 is 0 Å². The molecule has 0 N–H and O–H groups in total. The summed E-state index contributed by atoms with van der Waals surface area (Å²) in [5.74, 6) is 1.40. The van der Waals surface area contributed by atoms with Crippen LogP contribution in [0.25, 0.3) is 0 Å². The van der Waals surface area contributed by atoms with Gasteiger partial charge in [0.25, 0.3) is 5.91 Å². The second-order valence-electron chi connectivity index (χ2n) is 8.22. The molecule has 6 heteroatoms. The number of likely N-dealkylation sites (tertiary alicyclic amines) is 2. The normalized spacial score (nSPS) is 26.6. The van der Waals surface area contributed by atoms with Gasteiger partial charge in [0, 0.05) is 35.9 Å². The highest BCUT2D eigenvalue weighted by Crippen LogP contribution is 2.37. The maximum absolute atomic E-state index is 13.2. The lowest BCUT2D eigenvalue weighted by Crippen LogP contribution is -2.49. The quantitative estimate of drug-likeness (QED) is 0.748. The highest BCUT2D eigenvalue weighted by atomic mass is 32.1. The molecule has 1 aliphatic carbocycles. The molecule has 2 aliphatic heterocycles. The van der Waals surface area contributed by atoms with Crippen LogP contribution in [0.3, 0.4) is 0 Å². The van der Waals surface area contributed by atoms with Crippen LogP contribution in [0.2, 0.25) is 0 Å². The van der Waals surface area contributed by atoms with Gasteiger partial charge in [-0.2, -0.15) is 0 Å². The standard InChI is InChI=1S/C21H30N2O3S/c1-26-21(25)22-11-8-16(9-12-22)19-13-17(14-27-19)20(24)23-10-4-6-15-5-2-3-7-18(15)23/h13-16,18H,2-12H2,1H3/t15-,18-/m0/s1. The molecule has 2 saturated heterocycles. The third kappa shape index (κ3) is 3.86. The number of carbonyl (C=O) groups excluding carboxylic acids is 2. The van der Waals surface area contributed by atoms with Crippen molar-refractivity contribution in [2.75, 3.05) is 26.7 Å². The first-order valence-corrected chi connectivity index (χ1v) is 11.3. The number of rotatable bonds is 2. The minimum Gasteiger partial charge on any atom is -0.453 e. The lowest BCUT2D eigenvalue weighted by Gasteiger charge is -2.44. The molecule has 0 spiro atoms. The van der Waals surface area contributed by atoms with E-state index in [-0.39, 0.29) is 12.0 Å². The van der Waals surface area contributed by atoms with E-state index >= 15 is 0 Å². The zero-order chi connectivity index (χ0) is 18.8. The summed E-state index contributed by atoms with van der Waals surface area (Å²) in [5, 5.41) is 2.05. The zero-order valence-corrected chi connectivity index (χ0v) is 17.0. The maximum Gasteiger partial charge on any atom is 0.409 e. The SMILES string of the molecule is COC(=O)N1CCC(c2cc(C(=O)N3CCC[C@@H]4CCCC[C@@H]43)cs2)CC1. The number of amides is 2. The Bertz CT molecular complexity index is 679. The minimum absolute atomic E-state index is 0.234. The molecule has 1 saturated carbocycles. The second kappa shape index (κ2) is 8.21. The fraction of sp³-hybridized carbons (Fsp3) is 0.714. The predicted octanol–water partition coefficient (Wildman–Crippen LogP) is 4.49. The van der Waals surface area contributed by atoms with E-state index in [2.05, 4.69) is 16.3 Å². The van der Waals surface area contributed by atoms with Crippen molar-refractivity contribution < 1.29 is 14.3 Å². The Hall–Kier alpha value is -1.56. The molecule has 1 aromatic heterocycles. The highest BCUT2D eigenvalue weighted by Gasteiger charge is 2.36. The van der Waals surface area contributed by atoms with Gasteiger partial charge in [0.1, 0.15) is 0 Å². The van der Waals surface area contributed by atoms with Crippen molar-refractivity contribution in [3.05, 3.63) is 21.9 Å². The van der Waals surface area contributed by atoms with Gasteiger partial charge in [0.2, 0.25) is 0 Å². The van der Waals surface area contributed by atoms with Crippen LogP contribution in [0, 0.1) is 5.92 Å². The van der Waals surface area contributed by atoms with Gasteiger partial charge in [-0.25, -0.2) is 4.79 Å². The molecule has 27 heavy (non-hydrogen) atoms. The number of thiophene rings is 1. The molecule has 148 valence electrons. The van der Waals surface area contributed by atoms with Crippen LogP contribution >= 0.6 is 11.3 Å². The van der Waals surface area contributed by atoms with Gasteiger partial charge in [0.05, 0.1) is 12.7 Å². The number of carbonyl (C=O) groups is 2. The van der Waals surface area contributed by atoms with Gasteiger partial charge >= 0.3 is 6.09 Å². The van der Waals surface area contributed by atoms with Crippen molar-refractivity contribution in [1.29, 1.82) is 0 Å². The van der Waals surface area contributed by atoms with Crippen LogP contribution in [0.4, 0.5) is 4.79 Å². The molecule has 4 rings (SSSR count). The number of piperidine rings is 2. The Morgan fingerprint density at radius 1 is 1.04 bits per heavy atom. The first kappa shape index (κ1) is 18.8. The first-order chi connectivity index (χ1) is 13.2. The summed E-state index contributed by atoms with van der Waals surface area (Å²) in [5.41, 5.74) is 0.872. The average Bonchev–Trinajstić information content (AvgIpc) is 3.22. The van der Waals surface area contributed by atoms with Crippen LogP contribution in [0.1, 0.15) is 72.5 Å². The highest BCUT2D eigenvalue weighted by molar-refractivity contribution is 7.10. The van der Waals surface area contributed by atoms with E-state index in [1.54, 1.807) is 16.2 Å². The Morgan fingerprint density at radius 2 is 1.78 bits per heavy atom. The van der Waals surface area contributed by atoms with Gasteiger partial charge in [0.15, 0.2) is 0 Å². The van der Waals surface area contributed by atoms with Crippen LogP contribution in [-0.2, 0) is 4.74 Å². The van der Waals surface area contributed by atoms with Gasteiger partial charge in [-0.15, -0.1) is 11.3 Å². The summed E-state index contributed by atoms with van der Waals surface area (Å²) in [6.45, 7) is 2.38. The Balaban J connectivity index is 1.40. The molecule has 2 amide bonds. The molecule has 5 nitrogen and oxygen atoms in total. The van der Waals surface area contributed by atoms with Gasteiger partial charge in [-0.05, 0) is 56.4 Å². The van der Waals surface area contributed by atoms with E-state index in [9.17, 15) is 9.59 Å². The first-order valence-electron chi connectivity index (χ1n) is 10.4. The van der Waals surface area contributed by atoms with Crippen molar-refractivity contribution in [2.45, 2.75) is 63.3 Å². The predicted molar refractivity (Wildman–Crippen MR) is 106 cm³/mol. The van der Waals surface area contributed by atoms with Gasteiger partial charge < -0.3 is 14.5 Å². The topological polar surface area (TPSA) is 49.9 Å². The van der Waals surface area contributed by atoms with E-state index in [1.165, 1.54) is 44.1 Å². The molecule has 0 bridgehead atoms.